The van der Waals surface area contributed by atoms with Crippen LogP contribution in [0.1, 0.15) is 32.2 Å². The van der Waals surface area contributed by atoms with Crippen LogP contribution in [0.4, 0.5) is 0 Å². The number of ether oxygens (including phenoxy) is 1. The summed E-state index contributed by atoms with van der Waals surface area (Å²) in [6, 6.07) is 16.5. The van der Waals surface area contributed by atoms with E-state index in [2.05, 4.69) is 49.7 Å². The van der Waals surface area contributed by atoms with Crippen LogP contribution in [-0.4, -0.2) is 35.5 Å². The largest absolute Gasteiger partial charge is 0.493 e. The van der Waals surface area contributed by atoms with Crippen LogP contribution >= 0.6 is 11.8 Å². The lowest BCUT2D eigenvalue weighted by atomic mass is 9.87. The first kappa shape index (κ1) is 24.1. The molecule has 170 valence electrons. The SMILES string of the molecule is C=CCn1c(CS(=O)(=O)c2ccccc2)nnc1SCCOc1ccc(C(C)(C)C)cc1. The summed E-state index contributed by atoms with van der Waals surface area (Å²) in [5.74, 6) is 1.66. The van der Waals surface area contributed by atoms with Crippen molar-refractivity contribution in [3.63, 3.8) is 0 Å². The van der Waals surface area contributed by atoms with Crippen molar-refractivity contribution in [1.82, 2.24) is 14.8 Å². The average Bonchev–Trinajstić information content (AvgIpc) is 3.12. The van der Waals surface area contributed by atoms with Gasteiger partial charge in [0.05, 0.1) is 11.5 Å². The van der Waals surface area contributed by atoms with Gasteiger partial charge in [-0.25, -0.2) is 8.42 Å². The second-order valence-corrected chi connectivity index (χ2v) is 11.4. The second-order valence-electron chi connectivity index (χ2n) is 8.34. The molecule has 0 spiro atoms. The van der Waals surface area contributed by atoms with Gasteiger partial charge < -0.3 is 9.30 Å². The number of nitrogens with zero attached hydrogens (tertiary/aromatic N) is 3. The van der Waals surface area contributed by atoms with Crippen molar-refractivity contribution in [2.24, 2.45) is 0 Å². The first-order valence-corrected chi connectivity index (χ1v) is 13.0. The number of hydrogen-bond acceptors (Lipinski definition) is 6. The Morgan fingerprint density at radius 1 is 1.06 bits per heavy atom. The van der Waals surface area contributed by atoms with Crippen molar-refractivity contribution >= 4 is 21.6 Å². The third-order valence-corrected chi connectivity index (χ3v) is 7.39. The number of rotatable bonds is 10. The Kier molecular flexibility index (Phi) is 7.79. The molecule has 0 N–H and O–H groups in total. The van der Waals surface area contributed by atoms with E-state index >= 15 is 0 Å². The Bertz CT molecular complexity index is 1130. The minimum absolute atomic E-state index is 0.106. The van der Waals surface area contributed by atoms with Gasteiger partial charge in [0.2, 0.25) is 0 Å². The summed E-state index contributed by atoms with van der Waals surface area (Å²) in [5, 5.41) is 8.99. The van der Waals surface area contributed by atoms with E-state index in [1.165, 1.54) is 17.3 Å². The van der Waals surface area contributed by atoms with Crippen molar-refractivity contribution in [3.05, 3.63) is 78.6 Å². The quantitative estimate of drug-likeness (QED) is 0.238. The number of sulfone groups is 1. The maximum Gasteiger partial charge on any atom is 0.191 e. The molecule has 3 aromatic rings. The van der Waals surface area contributed by atoms with Crippen LogP contribution in [0.25, 0.3) is 0 Å². The maximum absolute atomic E-state index is 12.7. The minimum atomic E-state index is -3.51. The molecule has 1 heterocycles. The number of benzene rings is 2. The van der Waals surface area contributed by atoms with Gasteiger partial charge >= 0.3 is 0 Å². The molecule has 0 bridgehead atoms. The lowest BCUT2D eigenvalue weighted by molar-refractivity contribution is 0.343. The van der Waals surface area contributed by atoms with Crippen molar-refractivity contribution < 1.29 is 13.2 Å². The molecule has 0 unspecified atom stereocenters. The topological polar surface area (TPSA) is 74.1 Å². The molecule has 32 heavy (non-hydrogen) atoms. The number of aromatic nitrogens is 3. The van der Waals surface area contributed by atoms with Crippen LogP contribution in [0.5, 0.6) is 5.75 Å². The lowest BCUT2D eigenvalue weighted by Gasteiger charge is -2.19. The summed E-state index contributed by atoms with van der Waals surface area (Å²) >= 11 is 1.48. The van der Waals surface area contributed by atoms with Gasteiger partial charge in [-0.3, -0.25) is 0 Å². The van der Waals surface area contributed by atoms with Gasteiger partial charge in [-0.05, 0) is 35.2 Å². The Morgan fingerprint density at radius 3 is 2.38 bits per heavy atom. The average molecular weight is 472 g/mol. The van der Waals surface area contributed by atoms with E-state index in [9.17, 15) is 8.42 Å². The normalized spacial score (nSPS) is 12.0. The summed E-state index contributed by atoms with van der Waals surface area (Å²) in [4.78, 5) is 0.272. The zero-order valence-corrected chi connectivity index (χ0v) is 20.3. The fourth-order valence-electron chi connectivity index (χ4n) is 3.07. The predicted molar refractivity (Wildman–Crippen MR) is 129 cm³/mol. The monoisotopic (exact) mass is 471 g/mol. The van der Waals surface area contributed by atoms with Crippen LogP contribution in [0.3, 0.4) is 0 Å². The van der Waals surface area contributed by atoms with E-state index in [1.54, 1.807) is 41.0 Å². The fourth-order valence-corrected chi connectivity index (χ4v) is 5.15. The molecule has 0 saturated heterocycles. The van der Waals surface area contributed by atoms with Gasteiger partial charge in [-0.15, -0.1) is 16.8 Å². The van der Waals surface area contributed by atoms with Gasteiger partial charge in [-0.2, -0.15) is 0 Å². The summed E-state index contributed by atoms with van der Waals surface area (Å²) < 4.78 is 33.1. The predicted octanol–water partition coefficient (Wildman–Crippen LogP) is 4.91. The summed E-state index contributed by atoms with van der Waals surface area (Å²) in [5.41, 5.74) is 1.37. The molecule has 0 fully saturated rings. The highest BCUT2D eigenvalue weighted by atomic mass is 32.2. The second kappa shape index (κ2) is 10.4. The summed E-state index contributed by atoms with van der Waals surface area (Å²) in [6.07, 6.45) is 1.71. The number of hydrogen-bond donors (Lipinski definition) is 0. The van der Waals surface area contributed by atoms with Gasteiger partial charge in [0.25, 0.3) is 0 Å². The highest BCUT2D eigenvalue weighted by molar-refractivity contribution is 7.99. The smallest absolute Gasteiger partial charge is 0.191 e. The van der Waals surface area contributed by atoms with E-state index in [4.69, 9.17) is 4.74 Å². The molecule has 2 aromatic carbocycles. The van der Waals surface area contributed by atoms with E-state index < -0.39 is 9.84 Å². The van der Waals surface area contributed by atoms with Gasteiger partial charge in [-0.1, -0.05) is 68.9 Å². The summed E-state index contributed by atoms with van der Waals surface area (Å²) in [7, 11) is -3.51. The first-order valence-electron chi connectivity index (χ1n) is 10.4. The van der Waals surface area contributed by atoms with Crippen molar-refractivity contribution in [3.8, 4) is 5.75 Å². The molecule has 0 amide bonds. The van der Waals surface area contributed by atoms with Gasteiger partial charge in [0.1, 0.15) is 17.3 Å². The number of thioether (sulfide) groups is 1. The number of allylic oxidation sites excluding steroid dienone is 1. The molecule has 3 rings (SSSR count). The van der Waals surface area contributed by atoms with E-state index in [0.29, 0.717) is 29.9 Å². The third kappa shape index (κ3) is 6.23. The van der Waals surface area contributed by atoms with E-state index in [0.717, 1.165) is 5.75 Å². The molecule has 0 aliphatic rings. The highest BCUT2D eigenvalue weighted by Crippen LogP contribution is 2.25. The third-order valence-electron chi connectivity index (χ3n) is 4.83. The molecule has 0 saturated carbocycles. The lowest BCUT2D eigenvalue weighted by Crippen LogP contribution is -2.12. The first-order chi connectivity index (χ1) is 15.2. The van der Waals surface area contributed by atoms with Crippen LogP contribution in [-0.2, 0) is 27.5 Å². The standard InChI is InChI=1S/C24H29N3O3S2/c1-5-15-27-22(18-32(28,29)21-9-7-6-8-10-21)25-26-23(27)31-17-16-30-20-13-11-19(12-14-20)24(2,3)4/h5-14H,1,15-18H2,2-4H3. The van der Waals surface area contributed by atoms with E-state index in [-0.39, 0.29) is 16.1 Å². The molecule has 6 nitrogen and oxygen atoms in total. The van der Waals surface area contributed by atoms with Crippen LogP contribution in [0, 0.1) is 0 Å². The van der Waals surface area contributed by atoms with Crippen LogP contribution in [0.2, 0.25) is 0 Å². The molecule has 0 aliphatic heterocycles. The Balaban J connectivity index is 1.61. The molecule has 0 radical (unpaired) electrons. The molecule has 1 aromatic heterocycles. The maximum atomic E-state index is 12.7. The van der Waals surface area contributed by atoms with Crippen molar-refractivity contribution in [1.29, 1.82) is 0 Å². The van der Waals surface area contributed by atoms with Gasteiger partial charge in [0, 0.05) is 12.3 Å². The minimum Gasteiger partial charge on any atom is -0.493 e. The molecule has 8 heteroatoms. The zero-order chi connectivity index (χ0) is 23.2. The zero-order valence-electron chi connectivity index (χ0n) is 18.7. The fraction of sp³-hybridized carbons (Fsp3) is 0.333. The van der Waals surface area contributed by atoms with Crippen LogP contribution < -0.4 is 4.74 Å². The van der Waals surface area contributed by atoms with Crippen LogP contribution in [0.15, 0.2) is 77.3 Å². The van der Waals surface area contributed by atoms with E-state index in [1.807, 2.05) is 12.1 Å². The Hall–Kier alpha value is -2.58. The Labute approximate surface area is 194 Å². The summed E-state index contributed by atoms with van der Waals surface area (Å²) in [6.45, 7) is 11.2. The Morgan fingerprint density at radius 2 is 1.75 bits per heavy atom. The molecular formula is C24H29N3O3S2. The highest BCUT2D eigenvalue weighted by Gasteiger charge is 2.21. The molecule has 0 atom stereocenters. The van der Waals surface area contributed by atoms with Crippen molar-refractivity contribution in [2.45, 2.75) is 48.5 Å². The molecular weight excluding hydrogens is 442 g/mol. The van der Waals surface area contributed by atoms with Crippen molar-refractivity contribution in [2.75, 3.05) is 12.4 Å². The van der Waals surface area contributed by atoms with Gasteiger partial charge in [0.15, 0.2) is 15.0 Å². The molecule has 0 aliphatic carbocycles.